The van der Waals surface area contributed by atoms with Crippen LogP contribution in [0.25, 0.3) is 0 Å². The van der Waals surface area contributed by atoms with Crippen LogP contribution in [0.15, 0.2) is 6.07 Å². The minimum Gasteiger partial charge on any atom is -0.258 e. The summed E-state index contributed by atoms with van der Waals surface area (Å²) in [4.78, 5) is 23.3. The fraction of sp³-hybridized carbons (Fsp3) is 0.286. The van der Waals surface area contributed by atoms with Crippen LogP contribution < -0.4 is 0 Å². The standard InChI is InChI=1S/C7H7N3O4/c1-4-6(9(11)12)3-7(10(13)14)5(2)8-4/h3H,1-2H3. The summed E-state index contributed by atoms with van der Waals surface area (Å²) in [5.41, 5.74) is -0.305. The molecule has 0 saturated carbocycles. The van der Waals surface area contributed by atoms with Gasteiger partial charge in [0.15, 0.2) is 0 Å². The molecule has 7 nitrogen and oxygen atoms in total. The first-order valence-electron chi connectivity index (χ1n) is 3.70. The molecule has 1 aromatic rings. The molecule has 1 heterocycles. The van der Waals surface area contributed by atoms with Crippen molar-refractivity contribution < 1.29 is 9.85 Å². The Morgan fingerprint density at radius 3 is 1.71 bits per heavy atom. The van der Waals surface area contributed by atoms with E-state index in [2.05, 4.69) is 4.98 Å². The van der Waals surface area contributed by atoms with Crippen LogP contribution in [-0.2, 0) is 0 Å². The second kappa shape index (κ2) is 3.36. The maximum atomic E-state index is 10.5. The van der Waals surface area contributed by atoms with Gasteiger partial charge in [-0.25, -0.2) is 4.98 Å². The molecular formula is C7H7N3O4. The van der Waals surface area contributed by atoms with E-state index >= 15 is 0 Å². The van der Waals surface area contributed by atoms with Gasteiger partial charge in [0.05, 0.1) is 15.9 Å². The second-order valence-electron chi connectivity index (χ2n) is 2.71. The summed E-state index contributed by atoms with van der Waals surface area (Å²) >= 11 is 0. The van der Waals surface area contributed by atoms with E-state index in [1.165, 1.54) is 13.8 Å². The number of hydrogen-bond donors (Lipinski definition) is 0. The van der Waals surface area contributed by atoms with Gasteiger partial charge < -0.3 is 0 Å². The summed E-state index contributed by atoms with van der Waals surface area (Å²) in [6.07, 6.45) is 0. The van der Waals surface area contributed by atoms with Gasteiger partial charge in [0, 0.05) is 0 Å². The van der Waals surface area contributed by atoms with Crippen molar-refractivity contribution in [2.75, 3.05) is 0 Å². The van der Waals surface area contributed by atoms with E-state index < -0.39 is 9.85 Å². The van der Waals surface area contributed by atoms with Crippen molar-refractivity contribution in [1.82, 2.24) is 4.98 Å². The average molecular weight is 197 g/mol. The van der Waals surface area contributed by atoms with Gasteiger partial charge in [-0.15, -0.1) is 0 Å². The molecule has 14 heavy (non-hydrogen) atoms. The van der Waals surface area contributed by atoms with Gasteiger partial charge in [-0.05, 0) is 13.8 Å². The third-order valence-electron chi connectivity index (χ3n) is 1.74. The molecule has 0 radical (unpaired) electrons. The van der Waals surface area contributed by atoms with E-state index in [0.29, 0.717) is 0 Å². The Balaban J connectivity index is 3.42. The van der Waals surface area contributed by atoms with Gasteiger partial charge in [-0.1, -0.05) is 0 Å². The highest BCUT2D eigenvalue weighted by Crippen LogP contribution is 2.24. The topological polar surface area (TPSA) is 99.2 Å². The molecule has 1 aromatic heterocycles. The quantitative estimate of drug-likeness (QED) is 0.528. The minimum atomic E-state index is -0.686. The number of rotatable bonds is 2. The van der Waals surface area contributed by atoms with E-state index in [0.717, 1.165) is 6.07 Å². The Hall–Kier alpha value is -2.05. The van der Waals surface area contributed by atoms with Crippen LogP contribution in [0.1, 0.15) is 11.4 Å². The number of pyridine rings is 1. The lowest BCUT2D eigenvalue weighted by atomic mass is 10.2. The first kappa shape index (κ1) is 10.0. The number of aryl methyl sites for hydroxylation is 2. The van der Waals surface area contributed by atoms with Crippen LogP contribution in [-0.4, -0.2) is 14.8 Å². The number of nitrogens with zero attached hydrogens (tertiary/aromatic N) is 3. The molecule has 0 amide bonds. The molecule has 0 spiro atoms. The lowest BCUT2D eigenvalue weighted by molar-refractivity contribution is -0.395. The van der Waals surface area contributed by atoms with E-state index in [4.69, 9.17) is 0 Å². The van der Waals surface area contributed by atoms with Crippen LogP contribution in [0, 0.1) is 34.1 Å². The number of nitro groups is 2. The number of aromatic nitrogens is 1. The molecule has 1 rings (SSSR count). The van der Waals surface area contributed by atoms with Crippen molar-refractivity contribution in [3.8, 4) is 0 Å². The SMILES string of the molecule is Cc1nc(C)c([N+](=O)[O-])cc1[N+](=O)[O-]. The van der Waals surface area contributed by atoms with Crippen molar-refractivity contribution in [2.24, 2.45) is 0 Å². The summed E-state index contributed by atoms with van der Waals surface area (Å²) in [7, 11) is 0. The Morgan fingerprint density at radius 1 is 1.07 bits per heavy atom. The Kier molecular flexibility index (Phi) is 2.41. The molecule has 0 atom stereocenters. The van der Waals surface area contributed by atoms with E-state index in [1.807, 2.05) is 0 Å². The fourth-order valence-electron chi connectivity index (χ4n) is 1.07. The smallest absolute Gasteiger partial charge is 0.258 e. The highest BCUT2D eigenvalue weighted by Gasteiger charge is 2.21. The normalized spacial score (nSPS) is 9.86. The molecule has 0 N–H and O–H groups in total. The van der Waals surface area contributed by atoms with Crippen molar-refractivity contribution in [3.05, 3.63) is 37.7 Å². The third kappa shape index (κ3) is 1.65. The molecule has 74 valence electrons. The van der Waals surface area contributed by atoms with Crippen molar-refractivity contribution >= 4 is 11.4 Å². The van der Waals surface area contributed by atoms with Crippen LogP contribution in [0.2, 0.25) is 0 Å². The van der Waals surface area contributed by atoms with Crippen molar-refractivity contribution in [2.45, 2.75) is 13.8 Å². The van der Waals surface area contributed by atoms with E-state index in [-0.39, 0.29) is 22.8 Å². The molecule has 0 aliphatic carbocycles. The van der Waals surface area contributed by atoms with Gasteiger partial charge in [0.2, 0.25) is 0 Å². The zero-order valence-electron chi connectivity index (χ0n) is 7.55. The summed E-state index contributed by atoms with van der Waals surface area (Å²) in [5, 5.41) is 20.9. The lowest BCUT2D eigenvalue weighted by Crippen LogP contribution is -2.00. The van der Waals surface area contributed by atoms with Crippen LogP contribution in [0.5, 0.6) is 0 Å². The molecule has 7 heteroatoms. The summed E-state index contributed by atoms with van der Waals surface area (Å²) in [6, 6.07) is 0.928. The third-order valence-corrected chi connectivity index (χ3v) is 1.74. The Morgan fingerprint density at radius 2 is 1.43 bits per heavy atom. The predicted octanol–water partition coefficient (Wildman–Crippen LogP) is 1.51. The van der Waals surface area contributed by atoms with Crippen LogP contribution >= 0.6 is 0 Å². The van der Waals surface area contributed by atoms with E-state index in [9.17, 15) is 20.2 Å². The van der Waals surface area contributed by atoms with Crippen molar-refractivity contribution in [3.63, 3.8) is 0 Å². The Labute approximate surface area is 78.7 Å². The zero-order chi connectivity index (χ0) is 10.9. The molecule has 0 unspecified atom stereocenters. The minimum absolute atomic E-state index is 0.179. The van der Waals surface area contributed by atoms with Crippen molar-refractivity contribution in [1.29, 1.82) is 0 Å². The maximum absolute atomic E-state index is 10.5. The molecule has 0 saturated heterocycles. The largest absolute Gasteiger partial charge is 0.297 e. The summed E-state index contributed by atoms with van der Waals surface area (Å²) in [6.45, 7) is 2.88. The van der Waals surface area contributed by atoms with Gasteiger partial charge in [0.25, 0.3) is 11.4 Å². The highest BCUT2D eigenvalue weighted by atomic mass is 16.6. The first-order valence-corrected chi connectivity index (χ1v) is 3.70. The number of hydrogen-bond acceptors (Lipinski definition) is 5. The van der Waals surface area contributed by atoms with Crippen LogP contribution in [0.4, 0.5) is 11.4 Å². The van der Waals surface area contributed by atoms with Gasteiger partial charge in [-0.2, -0.15) is 0 Å². The maximum Gasteiger partial charge on any atom is 0.297 e. The Bertz CT molecular complexity index is 380. The van der Waals surface area contributed by atoms with Crippen LogP contribution in [0.3, 0.4) is 0 Å². The summed E-state index contributed by atoms with van der Waals surface area (Å²) < 4.78 is 0. The lowest BCUT2D eigenvalue weighted by Gasteiger charge is -1.99. The fourth-order valence-corrected chi connectivity index (χ4v) is 1.07. The van der Waals surface area contributed by atoms with Gasteiger partial charge in [-0.3, -0.25) is 20.2 Å². The highest BCUT2D eigenvalue weighted by molar-refractivity contribution is 5.47. The molecule has 0 aliphatic rings. The average Bonchev–Trinajstić information content (AvgIpc) is 2.02. The summed E-state index contributed by atoms with van der Waals surface area (Å²) in [5.74, 6) is 0. The molecule has 0 fully saturated rings. The zero-order valence-corrected chi connectivity index (χ0v) is 7.55. The van der Waals surface area contributed by atoms with Gasteiger partial charge in [0.1, 0.15) is 11.4 Å². The molecule has 0 aromatic carbocycles. The second-order valence-corrected chi connectivity index (χ2v) is 2.71. The predicted molar refractivity (Wildman–Crippen MR) is 47.0 cm³/mol. The molecule has 0 aliphatic heterocycles. The monoisotopic (exact) mass is 197 g/mol. The first-order chi connectivity index (χ1) is 6.43. The van der Waals surface area contributed by atoms with E-state index in [1.54, 1.807) is 0 Å². The molecule has 0 bridgehead atoms. The molecular weight excluding hydrogens is 190 g/mol. The van der Waals surface area contributed by atoms with Gasteiger partial charge >= 0.3 is 0 Å².